The molecule has 2 fully saturated rings. The van der Waals surface area contributed by atoms with Gasteiger partial charge >= 0.3 is 0 Å². The first-order valence-corrected chi connectivity index (χ1v) is 9.34. The summed E-state index contributed by atoms with van der Waals surface area (Å²) in [5.74, 6) is 1.82. The molecule has 0 N–H and O–H groups in total. The lowest BCUT2D eigenvalue weighted by molar-refractivity contribution is 0.117. The van der Waals surface area contributed by atoms with Crippen LogP contribution in [0.3, 0.4) is 0 Å². The normalized spacial score (nSPS) is 24.0. The average Bonchev–Trinajstić information content (AvgIpc) is 2.49. The highest BCUT2D eigenvalue weighted by atomic mass is 15.3. The summed E-state index contributed by atoms with van der Waals surface area (Å²) < 4.78 is 0. The van der Waals surface area contributed by atoms with Gasteiger partial charge in [-0.05, 0) is 63.7 Å². The van der Waals surface area contributed by atoms with Crippen molar-refractivity contribution < 1.29 is 0 Å². The second-order valence-corrected chi connectivity index (χ2v) is 7.56. The molecule has 2 aliphatic rings. The summed E-state index contributed by atoms with van der Waals surface area (Å²) in [5.41, 5.74) is 0. The number of rotatable bonds is 7. The van der Waals surface area contributed by atoms with Gasteiger partial charge in [0.2, 0.25) is 0 Å². The van der Waals surface area contributed by atoms with Gasteiger partial charge in [0.15, 0.2) is 0 Å². The maximum Gasteiger partial charge on any atom is 0.0110 e. The van der Waals surface area contributed by atoms with Crippen molar-refractivity contribution in [2.24, 2.45) is 11.8 Å². The lowest BCUT2D eigenvalue weighted by Gasteiger charge is -2.36. The second-order valence-electron chi connectivity index (χ2n) is 7.56. The molecule has 0 atom stereocenters. The molecule has 2 rings (SSSR count). The molecule has 3 heteroatoms. The van der Waals surface area contributed by atoms with Crippen LogP contribution in [0.15, 0.2) is 0 Å². The standard InChI is InChI=1S/C18H37N3/c1-4-19-10-7-18(8-11-19)6-5-9-20-12-14-21(15-13-20)16-17(2)3/h17-18H,4-16H2,1-3H3. The fourth-order valence-corrected chi connectivity index (χ4v) is 3.91. The van der Waals surface area contributed by atoms with Crippen LogP contribution in [0, 0.1) is 11.8 Å². The first-order valence-electron chi connectivity index (χ1n) is 9.34. The number of hydrogen-bond acceptors (Lipinski definition) is 3. The van der Waals surface area contributed by atoms with Crippen molar-refractivity contribution in [3.8, 4) is 0 Å². The topological polar surface area (TPSA) is 9.72 Å². The predicted octanol–water partition coefficient (Wildman–Crippen LogP) is 2.77. The van der Waals surface area contributed by atoms with E-state index in [1.165, 1.54) is 84.6 Å². The quantitative estimate of drug-likeness (QED) is 0.715. The maximum atomic E-state index is 2.69. The SMILES string of the molecule is CCN1CCC(CCCN2CCN(CC(C)C)CC2)CC1. The number of piperazine rings is 1. The summed E-state index contributed by atoms with van der Waals surface area (Å²) in [6.07, 6.45) is 5.76. The first kappa shape index (κ1) is 17.2. The third-order valence-electron chi connectivity index (χ3n) is 5.33. The largest absolute Gasteiger partial charge is 0.304 e. The van der Waals surface area contributed by atoms with Gasteiger partial charge in [-0.2, -0.15) is 0 Å². The Balaban J connectivity index is 1.52. The second kappa shape index (κ2) is 9.12. The Morgan fingerprint density at radius 2 is 1.48 bits per heavy atom. The van der Waals surface area contributed by atoms with E-state index in [4.69, 9.17) is 0 Å². The van der Waals surface area contributed by atoms with E-state index in [9.17, 15) is 0 Å². The summed E-state index contributed by atoms with van der Waals surface area (Å²) in [6, 6.07) is 0. The highest BCUT2D eigenvalue weighted by Crippen LogP contribution is 2.21. The Morgan fingerprint density at radius 3 is 2.05 bits per heavy atom. The zero-order valence-electron chi connectivity index (χ0n) is 14.7. The van der Waals surface area contributed by atoms with E-state index in [0.717, 1.165) is 11.8 Å². The fourth-order valence-electron chi connectivity index (χ4n) is 3.91. The summed E-state index contributed by atoms with van der Waals surface area (Å²) in [6.45, 7) is 18.7. The van der Waals surface area contributed by atoms with Crippen molar-refractivity contribution in [2.45, 2.75) is 46.5 Å². The van der Waals surface area contributed by atoms with Crippen LogP contribution in [0.2, 0.25) is 0 Å². The molecule has 2 aliphatic heterocycles. The van der Waals surface area contributed by atoms with Gasteiger partial charge in [-0.15, -0.1) is 0 Å². The van der Waals surface area contributed by atoms with Crippen LogP contribution in [-0.2, 0) is 0 Å². The molecule has 2 saturated heterocycles. The minimum atomic E-state index is 0.811. The van der Waals surface area contributed by atoms with Crippen LogP contribution in [0.5, 0.6) is 0 Å². The molecule has 0 aliphatic carbocycles. The summed E-state index contributed by atoms with van der Waals surface area (Å²) in [5, 5.41) is 0. The van der Waals surface area contributed by atoms with Crippen molar-refractivity contribution >= 4 is 0 Å². The van der Waals surface area contributed by atoms with Gasteiger partial charge in [-0.1, -0.05) is 20.8 Å². The minimum absolute atomic E-state index is 0.811. The summed E-state index contributed by atoms with van der Waals surface area (Å²) in [7, 11) is 0. The Labute approximate surface area is 132 Å². The maximum absolute atomic E-state index is 2.69. The zero-order valence-corrected chi connectivity index (χ0v) is 14.7. The number of piperidine rings is 1. The molecule has 0 amide bonds. The Hall–Kier alpha value is -0.120. The Morgan fingerprint density at radius 1 is 0.857 bits per heavy atom. The molecular weight excluding hydrogens is 258 g/mol. The molecule has 3 nitrogen and oxygen atoms in total. The molecule has 21 heavy (non-hydrogen) atoms. The van der Waals surface area contributed by atoms with Gasteiger partial charge in [0.25, 0.3) is 0 Å². The molecular formula is C18H37N3. The van der Waals surface area contributed by atoms with E-state index in [-0.39, 0.29) is 0 Å². The zero-order chi connectivity index (χ0) is 15.1. The summed E-state index contributed by atoms with van der Waals surface area (Å²) >= 11 is 0. The van der Waals surface area contributed by atoms with Crippen LogP contribution in [0.4, 0.5) is 0 Å². The van der Waals surface area contributed by atoms with Gasteiger partial charge in [0.05, 0.1) is 0 Å². The predicted molar refractivity (Wildman–Crippen MR) is 91.8 cm³/mol. The Bertz CT molecular complexity index is 264. The molecule has 0 aromatic heterocycles. The van der Waals surface area contributed by atoms with Gasteiger partial charge in [0.1, 0.15) is 0 Å². The molecule has 0 saturated carbocycles. The third kappa shape index (κ3) is 6.25. The average molecular weight is 296 g/mol. The van der Waals surface area contributed by atoms with Crippen molar-refractivity contribution in [1.82, 2.24) is 14.7 Å². The molecule has 0 aromatic rings. The van der Waals surface area contributed by atoms with Gasteiger partial charge in [-0.3, -0.25) is 0 Å². The van der Waals surface area contributed by atoms with Crippen LogP contribution in [-0.4, -0.2) is 73.6 Å². The van der Waals surface area contributed by atoms with E-state index in [1.807, 2.05) is 0 Å². The first-order chi connectivity index (χ1) is 10.2. The number of nitrogens with zero attached hydrogens (tertiary/aromatic N) is 3. The highest BCUT2D eigenvalue weighted by molar-refractivity contribution is 4.75. The van der Waals surface area contributed by atoms with E-state index >= 15 is 0 Å². The van der Waals surface area contributed by atoms with Crippen LogP contribution in [0.25, 0.3) is 0 Å². The van der Waals surface area contributed by atoms with Crippen LogP contribution in [0.1, 0.15) is 46.5 Å². The Kier molecular flexibility index (Phi) is 7.48. The van der Waals surface area contributed by atoms with Crippen molar-refractivity contribution in [3.05, 3.63) is 0 Å². The monoisotopic (exact) mass is 295 g/mol. The van der Waals surface area contributed by atoms with E-state index < -0.39 is 0 Å². The van der Waals surface area contributed by atoms with Crippen molar-refractivity contribution in [2.75, 3.05) is 58.9 Å². The smallest absolute Gasteiger partial charge is 0.0110 e. The van der Waals surface area contributed by atoms with Gasteiger partial charge in [0, 0.05) is 32.7 Å². The van der Waals surface area contributed by atoms with Crippen LogP contribution < -0.4 is 0 Å². The fraction of sp³-hybridized carbons (Fsp3) is 1.00. The third-order valence-corrected chi connectivity index (χ3v) is 5.33. The molecule has 2 heterocycles. The van der Waals surface area contributed by atoms with Crippen LogP contribution >= 0.6 is 0 Å². The number of likely N-dealkylation sites (tertiary alicyclic amines) is 1. The molecule has 0 radical (unpaired) electrons. The van der Waals surface area contributed by atoms with Crippen molar-refractivity contribution in [3.63, 3.8) is 0 Å². The van der Waals surface area contributed by atoms with E-state index in [0.29, 0.717) is 0 Å². The lowest BCUT2D eigenvalue weighted by Crippen LogP contribution is -2.47. The van der Waals surface area contributed by atoms with Gasteiger partial charge in [-0.25, -0.2) is 0 Å². The summed E-state index contributed by atoms with van der Waals surface area (Å²) in [4.78, 5) is 7.93. The molecule has 124 valence electrons. The molecule has 0 bridgehead atoms. The molecule has 0 unspecified atom stereocenters. The number of hydrogen-bond donors (Lipinski definition) is 0. The molecule has 0 aromatic carbocycles. The van der Waals surface area contributed by atoms with Gasteiger partial charge < -0.3 is 14.7 Å². The highest BCUT2D eigenvalue weighted by Gasteiger charge is 2.19. The van der Waals surface area contributed by atoms with Crippen molar-refractivity contribution in [1.29, 1.82) is 0 Å². The van der Waals surface area contributed by atoms with E-state index in [1.54, 1.807) is 0 Å². The minimum Gasteiger partial charge on any atom is -0.304 e. The lowest BCUT2D eigenvalue weighted by atomic mass is 9.92. The van der Waals surface area contributed by atoms with E-state index in [2.05, 4.69) is 35.5 Å². The molecule has 0 spiro atoms.